The fourth-order valence-electron chi connectivity index (χ4n) is 1.79. The first-order valence-electron chi connectivity index (χ1n) is 4.37. The smallest absolute Gasteiger partial charge is 0.00975 e. The summed E-state index contributed by atoms with van der Waals surface area (Å²) in [5, 5.41) is 0. The largest absolute Gasteiger partial charge is 0.271 e. The Morgan fingerprint density at radius 1 is 1.27 bits per heavy atom. The minimum absolute atomic E-state index is 0. The van der Waals surface area contributed by atoms with Gasteiger partial charge in [-0.15, -0.1) is 12.4 Å². The topological polar surface area (TPSA) is 38.0 Å². The third kappa shape index (κ3) is 4.62. The molecule has 0 aromatic carbocycles. The lowest BCUT2D eigenvalue weighted by atomic mass is 10.0. The molecule has 0 amide bonds. The molecule has 0 saturated heterocycles. The van der Waals surface area contributed by atoms with Gasteiger partial charge in [-0.25, -0.2) is 0 Å². The zero-order valence-corrected chi connectivity index (χ0v) is 7.83. The number of hydrazine groups is 1. The summed E-state index contributed by atoms with van der Waals surface area (Å²) in [5.74, 6) is 6.18. The average Bonchev–Trinajstić information content (AvgIpc) is 2.41. The van der Waals surface area contributed by atoms with E-state index in [2.05, 4.69) is 5.43 Å². The predicted octanol–water partition coefficient (Wildman–Crippen LogP) is 1.84. The van der Waals surface area contributed by atoms with E-state index in [0.717, 1.165) is 12.5 Å². The zero-order chi connectivity index (χ0) is 7.23. The molecule has 3 heteroatoms. The van der Waals surface area contributed by atoms with Crippen LogP contribution in [-0.2, 0) is 0 Å². The van der Waals surface area contributed by atoms with Crippen LogP contribution in [0.5, 0.6) is 0 Å². The van der Waals surface area contributed by atoms with Gasteiger partial charge in [-0.05, 0) is 18.8 Å². The maximum Gasteiger partial charge on any atom is 0.00975 e. The second-order valence-corrected chi connectivity index (χ2v) is 3.25. The highest BCUT2D eigenvalue weighted by Crippen LogP contribution is 2.28. The molecule has 0 unspecified atom stereocenters. The highest BCUT2D eigenvalue weighted by molar-refractivity contribution is 5.85. The van der Waals surface area contributed by atoms with Crippen molar-refractivity contribution in [3.63, 3.8) is 0 Å². The van der Waals surface area contributed by atoms with Gasteiger partial charge in [0.2, 0.25) is 0 Å². The van der Waals surface area contributed by atoms with Crippen LogP contribution < -0.4 is 11.3 Å². The van der Waals surface area contributed by atoms with E-state index >= 15 is 0 Å². The van der Waals surface area contributed by atoms with Crippen LogP contribution in [0.1, 0.15) is 38.5 Å². The van der Waals surface area contributed by atoms with Gasteiger partial charge in [0, 0.05) is 6.54 Å². The molecule has 68 valence electrons. The van der Waals surface area contributed by atoms with Gasteiger partial charge >= 0.3 is 0 Å². The Bertz CT molecular complexity index is 82.2. The van der Waals surface area contributed by atoms with E-state index in [1.807, 2.05) is 0 Å². The van der Waals surface area contributed by atoms with Crippen LogP contribution in [0.2, 0.25) is 0 Å². The highest BCUT2D eigenvalue weighted by atomic mass is 35.5. The Labute approximate surface area is 75.3 Å². The quantitative estimate of drug-likeness (QED) is 0.392. The van der Waals surface area contributed by atoms with E-state index < -0.39 is 0 Å². The summed E-state index contributed by atoms with van der Waals surface area (Å²) in [6.45, 7) is 0.983. The Balaban J connectivity index is 0.000001000. The molecule has 1 aliphatic rings. The standard InChI is InChI=1S/C8H18N2.ClH/c9-10-7-3-6-8-4-1-2-5-8;/h8,10H,1-7,9H2;1H. The molecule has 1 fully saturated rings. The van der Waals surface area contributed by atoms with Gasteiger partial charge in [-0.3, -0.25) is 11.3 Å². The van der Waals surface area contributed by atoms with Crippen molar-refractivity contribution in [1.82, 2.24) is 5.43 Å². The van der Waals surface area contributed by atoms with Crippen molar-refractivity contribution in [2.45, 2.75) is 38.5 Å². The van der Waals surface area contributed by atoms with Gasteiger partial charge in [0.25, 0.3) is 0 Å². The number of hydrogen-bond acceptors (Lipinski definition) is 2. The summed E-state index contributed by atoms with van der Waals surface area (Å²) in [7, 11) is 0. The maximum absolute atomic E-state index is 5.16. The molecule has 0 aliphatic heterocycles. The lowest BCUT2D eigenvalue weighted by molar-refractivity contribution is 0.473. The number of hydrogen-bond donors (Lipinski definition) is 2. The lowest BCUT2D eigenvalue weighted by Gasteiger charge is -2.06. The van der Waals surface area contributed by atoms with Crippen molar-refractivity contribution in [1.29, 1.82) is 0 Å². The van der Waals surface area contributed by atoms with E-state index in [-0.39, 0.29) is 12.4 Å². The van der Waals surface area contributed by atoms with E-state index in [0.29, 0.717) is 0 Å². The van der Waals surface area contributed by atoms with Crippen LogP contribution >= 0.6 is 12.4 Å². The Hall–Kier alpha value is 0.210. The minimum Gasteiger partial charge on any atom is -0.271 e. The van der Waals surface area contributed by atoms with E-state index in [1.54, 1.807) is 0 Å². The van der Waals surface area contributed by atoms with Crippen LogP contribution in [0.4, 0.5) is 0 Å². The molecule has 0 aromatic rings. The Kier molecular flexibility index (Phi) is 7.02. The van der Waals surface area contributed by atoms with Crippen molar-refractivity contribution in [2.75, 3.05) is 6.54 Å². The summed E-state index contributed by atoms with van der Waals surface area (Å²) in [4.78, 5) is 0. The van der Waals surface area contributed by atoms with Crippen LogP contribution in [0.25, 0.3) is 0 Å². The Morgan fingerprint density at radius 2 is 1.91 bits per heavy atom. The zero-order valence-electron chi connectivity index (χ0n) is 7.01. The van der Waals surface area contributed by atoms with Crippen LogP contribution in [0, 0.1) is 5.92 Å². The number of nitrogens with two attached hydrogens (primary N) is 1. The predicted molar refractivity (Wildman–Crippen MR) is 50.6 cm³/mol. The fourth-order valence-corrected chi connectivity index (χ4v) is 1.79. The van der Waals surface area contributed by atoms with Gasteiger partial charge in [0.05, 0.1) is 0 Å². The van der Waals surface area contributed by atoms with Crippen LogP contribution in [-0.4, -0.2) is 6.54 Å². The van der Waals surface area contributed by atoms with Crippen LogP contribution in [0.3, 0.4) is 0 Å². The van der Waals surface area contributed by atoms with Gasteiger partial charge in [-0.1, -0.05) is 25.7 Å². The molecule has 1 saturated carbocycles. The van der Waals surface area contributed by atoms with Gasteiger partial charge < -0.3 is 0 Å². The SMILES string of the molecule is Cl.NNCCCC1CCCC1. The lowest BCUT2D eigenvalue weighted by Crippen LogP contribution is -2.23. The molecule has 3 N–H and O–H groups in total. The molecule has 1 rings (SSSR count). The Morgan fingerprint density at radius 3 is 2.45 bits per heavy atom. The molecular formula is C8H19ClN2. The fraction of sp³-hybridized carbons (Fsp3) is 1.00. The molecule has 0 spiro atoms. The summed E-state index contributed by atoms with van der Waals surface area (Å²) in [6, 6.07) is 0. The normalized spacial score (nSPS) is 18.3. The van der Waals surface area contributed by atoms with Gasteiger partial charge in [0.1, 0.15) is 0 Å². The van der Waals surface area contributed by atoms with Crippen molar-refractivity contribution in [3.8, 4) is 0 Å². The molecule has 2 nitrogen and oxygen atoms in total. The third-order valence-corrected chi connectivity index (χ3v) is 2.41. The van der Waals surface area contributed by atoms with Gasteiger partial charge in [0.15, 0.2) is 0 Å². The van der Waals surface area contributed by atoms with Crippen LogP contribution in [0.15, 0.2) is 0 Å². The van der Waals surface area contributed by atoms with Crippen molar-refractivity contribution >= 4 is 12.4 Å². The average molecular weight is 179 g/mol. The van der Waals surface area contributed by atoms with E-state index in [1.165, 1.54) is 38.5 Å². The number of nitrogens with one attached hydrogen (secondary N) is 1. The molecule has 1 aliphatic carbocycles. The van der Waals surface area contributed by atoms with E-state index in [4.69, 9.17) is 5.84 Å². The molecule has 0 aromatic heterocycles. The first-order valence-corrected chi connectivity index (χ1v) is 4.37. The first kappa shape index (κ1) is 11.2. The molecular weight excluding hydrogens is 160 g/mol. The van der Waals surface area contributed by atoms with Crippen molar-refractivity contribution in [3.05, 3.63) is 0 Å². The van der Waals surface area contributed by atoms with Gasteiger partial charge in [-0.2, -0.15) is 0 Å². The van der Waals surface area contributed by atoms with Crippen molar-refractivity contribution in [2.24, 2.45) is 11.8 Å². The molecule has 0 radical (unpaired) electrons. The van der Waals surface area contributed by atoms with E-state index in [9.17, 15) is 0 Å². The highest BCUT2D eigenvalue weighted by Gasteiger charge is 2.13. The molecule has 11 heavy (non-hydrogen) atoms. The first-order chi connectivity index (χ1) is 4.93. The third-order valence-electron chi connectivity index (χ3n) is 2.41. The monoisotopic (exact) mass is 178 g/mol. The summed E-state index contributed by atoms with van der Waals surface area (Å²) < 4.78 is 0. The maximum atomic E-state index is 5.16. The molecule has 0 atom stereocenters. The van der Waals surface area contributed by atoms with Crippen molar-refractivity contribution < 1.29 is 0 Å². The second-order valence-electron chi connectivity index (χ2n) is 3.25. The number of rotatable bonds is 4. The summed E-state index contributed by atoms with van der Waals surface area (Å²) in [6.07, 6.45) is 8.47. The summed E-state index contributed by atoms with van der Waals surface area (Å²) in [5.41, 5.74) is 2.69. The molecule has 0 bridgehead atoms. The summed E-state index contributed by atoms with van der Waals surface area (Å²) >= 11 is 0. The molecule has 0 heterocycles. The second kappa shape index (κ2) is 6.89. The number of halogens is 1. The minimum atomic E-state index is 0.